The Morgan fingerprint density at radius 3 is 2.61 bits per heavy atom. The van der Waals surface area contributed by atoms with E-state index in [-0.39, 0.29) is 23.5 Å². The molecule has 0 aliphatic rings. The van der Waals surface area contributed by atoms with Gasteiger partial charge in [0, 0.05) is 23.1 Å². The summed E-state index contributed by atoms with van der Waals surface area (Å²) >= 11 is 7.15. The Morgan fingerprint density at radius 2 is 1.93 bits per heavy atom. The zero-order valence-electron chi connectivity index (χ0n) is 15.3. The largest absolute Gasteiger partial charge is 0.411 e. The number of aromatic nitrogens is 2. The number of halogens is 1. The van der Waals surface area contributed by atoms with Crippen molar-refractivity contribution in [2.45, 2.75) is 25.1 Å². The topological polar surface area (TPSA) is 85.1 Å². The van der Waals surface area contributed by atoms with Crippen LogP contribution in [0.25, 0.3) is 11.5 Å². The number of thioether (sulfide) groups is 1. The Morgan fingerprint density at radius 1 is 1.18 bits per heavy atom. The number of carbonyl (C=O) groups excluding carboxylic acids is 2. The van der Waals surface area contributed by atoms with Crippen LogP contribution in [0.4, 0.5) is 0 Å². The third-order valence-electron chi connectivity index (χ3n) is 3.96. The van der Waals surface area contributed by atoms with Crippen molar-refractivity contribution in [3.05, 3.63) is 64.7 Å². The van der Waals surface area contributed by atoms with E-state index in [9.17, 15) is 9.59 Å². The van der Waals surface area contributed by atoms with Gasteiger partial charge in [0.05, 0.1) is 11.8 Å². The average molecular weight is 416 g/mol. The lowest BCUT2D eigenvalue weighted by molar-refractivity contribution is -0.119. The van der Waals surface area contributed by atoms with Crippen molar-refractivity contribution in [2.24, 2.45) is 0 Å². The van der Waals surface area contributed by atoms with Crippen LogP contribution >= 0.6 is 23.4 Å². The number of ketones is 1. The zero-order chi connectivity index (χ0) is 20.1. The maximum atomic E-state index is 12.4. The quantitative estimate of drug-likeness (QED) is 0.449. The molecule has 144 valence electrons. The van der Waals surface area contributed by atoms with Crippen molar-refractivity contribution < 1.29 is 14.0 Å². The van der Waals surface area contributed by atoms with Crippen molar-refractivity contribution in [2.75, 3.05) is 5.75 Å². The Bertz CT molecular complexity index is 988. The summed E-state index contributed by atoms with van der Waals surface area (Å²) in [6.07, 6.45) is 0. The number of hydrogen-bond acceptors (Lipinski definition) is 6. The highest BCUT2D eigenvalue weighted by Crippen LogP contribution is 2.25. The molecule has 1 N–H and O–H groups in total. The number of Topliss-reactive ketones (excluding diaryl/α,β-unsaturated/α-hetero) is 1. The Labute approximate surface area is 171 Å². The SMILES string of the molecule is CC(=O)N[C@@H](C)c1ccc(C(=O)CSc2nnc(-c3cccc(Cl)c3)o2)cc1. The van der Waals surface area contributed by atoms with Crippen molar-refractivity contribution in [3.8, 4) is 11.5 Å². The van der Waals surface area contributed by atoms with Gasteiger partial charge in [0.2, 0.25) is 11.8 Å². The van der Waals surface area contributed by atoms with Gasteiger partial charge in [-0.3, -0.25) is 9.59 Å². The van der Waals surface area contributed by atoms with Crippen LogP contribution in [0.1, 0.15) is 35.8 Å². The molecule has 0 bridgehead atoms. The van der Waals surface area contributed by atoms with E-state index in [0.29, 0.717) is 21.7 Å². The third kappa shape index (κ3) is 5.21. The molecular weight excluding hydrogens is 398 g/mol. The van der Waals surface area contributed by atoms with Gasteiger partial charge in [-0.25, -0.2) is 0 Å². The highest BCUT2D eigenvalue weighted by Gasteiger charge is 2.13. The van der Waals surface area contributed by atoms with E-state index in [0.717, 1.165) is 11.1 Å². The zero-order valence-corrected chi connectivity index (χ0v) is 16.9. The number of amides is 1. The van der Waals surface area contributed by atoms with E-state index >= 15 is 0 Å². The lowest BCUT2D eigenvalue weighted by atomic mass is 10.0. The lowest BCUT2D eigenvalue weighted by Crippen LogP contribution is -2.23. The fourth-order valence-corrected chi connectivity index (χ4v) is 3.41. The van der Waals surface area contributed by atoms with Crippen LogP contribution in [0.5, 0.6) is 0 Å². The molecule has 0 aliphatic carbocycles. The first-order valence-corrected chi connectivity index (χ1v) is 9.91. The van der Waals surface area contributed by atoms with Crippen LogP contribution in [0.3, 0.4) is 0 Å². The maximum Gasteiger partial charge on any atom is 0.277 e. The summed E-state index contributed by atoms with van der Waals surface area (Å²) in [6.45, 7) is 3.36. The predicted molar refractivity (Wildman–Crippen MR) is 108 cm³/mol. The van der Waals surface area contributed by atoms with Crippen molar-refractivity contribution in [3.63, 3.8) is 0 Å². The van der Waals surface area contributed by atoms with E-state index in [4.69, 9.17) is 16.0 Å². The van der Waals surface area contributed by atoms with Crippen LogP contribution in [-0.4, -0.2) is 27.6 Å². The number of hydrogen-bond donors (Lipinski definition) is 1. The summed E-state index contributed by atoms with van der Waals surface area (Å²) in [6, 6.07) is 14.2. The molecule has 3 aromatic rings. The van der Waals surface area contributed by atoms with Gasteiger partial charge in [0.25, 0.3) is 5.22 Å². The van der Waals surface area contributed by atoms with Crippen LogP contribution in [0, 0.1) is 0 Å². The van der Waals surface area contributed by atoms with Crippen LogP contribution in [0.2, 0.25) is 5.02 Å². The fraction of sp³-hybridized carbons (Fsp3) is 0.200. The summed E-state index contributed by atoms with van der Waals surface area (Å²) in [5.74, 6) is 0.387. The molecule has 2 aromatic carbocycles. The molecule has 0 spiro atoms. The maximum absolute atomic E-state index is 12.4. The minimum absolute atomic E-state index is 0.0498. The van der Waals surface area contributed by atoms with Gasteiger partial charge in [-0.15, -0.1) is 10.2 Å². The Kier molecular flexibility index (Phi) is 6.49. The van der Waals surface area contributed by atoms with Crippen molar-refractivity contribution in [1.29, 1.82) is 0 Å². The molecule has 1 atom stereocenters. The molecule has 0 saturated heterocycles. The average Bonchev–Trinajstić information content (AvgIpc) is 3.15. The molecule has 28 heavy (non-hydrogen) atoms. The Balaban J connectivity index is 1.59. The second-order valence-corrected chi connectivity index (χ2v) is 7.50. The predicted octanol–water partition coefficient (Wildman–Crippen LogP) is 4.56. The summed E-state index contributed by atoms with van der Waals surface area (Å²) in [4.78, 5) is 23.5. The minimum Gasteiger partial charge on any atom is -0.411 e. The van der Waals surface area contributed by atoms with Gasteiger partial charge in [-0.1, -0.05) is 53.7 Å². The highest BCUT2D eigenvalue weighted by atomic mass is 35.5. The van der Waals surface area contributed by atoms with Gasteiger partial charge >= 0.3 is 0 Å². The van der Waals surface area contributed by atoms with Crippen molar-refractivity contribution >= 4 is 35.1 Å². The van der Waals surface area contributed by atoms with E-state index < -0.39 is 0 Å². The molecule has 0 fully saturated rings. The van der Waals surface area contributed by atoms with Gasteiger partial charge < -0.3 is 9.73 Å². The smallest absolute Gasteiger partial charge is 0.277 e. The van der Waals surface area contributed by atoms with Gasteiger partial charge in [-0.2, -0.15) is 0 Å². The molecule has 8 heteroatoms. The van der Waals surface area contributed by atoms with Crippen LogP contribution in [0.15, 0.2) is 58.2 Å². The van der Waals surface area contributed by atoms with Gasteiger partial charge in [0.1, 0.15) is 0 Å². The molecule has 1 amide bonds. The second-order valence-electron chi connectivity index (χ2n) is 6.14. The summed E-state index contributed by atoms with van der Waals surface area (Å²) in [7, 11) is 0. The Hall–Kier alpha value is -2.64. The molecule has 3 rings (SSSR count). The molecule has 0 radical (unpaired) electrons. The van der Waals surface area contributed by atoms with E-state index in [1.54, 1.807) is 30.3 Å². The summed E-state index contributed by atoms with van der Waals surface area (Å²) < 4.78 is 5.59. The molecule has 1 aromatic heterocycles. The first-order chi connectivity index (χ1) is 13.4. The monoisotopic (exact) mass is 415 g/mol. The normalized spacial score (nSPS) is 11.8. The number of nitrogens with zero attached hydrogens (tertiary/aromatic N) is 2. The lowest BCUT2D eigenvalue weighted by Gasteiger charge is -2.13. The standard InChI is InChI=1S/C20H18ClN3O3S/c1-12(22-13(2)25)14-6-8-15(9-7-14)18(26)11-28-20-24-23-19(27-20)16-4-3-5-17(21)10-16/h3-10,12H,11H2,1-2H3,(H,22,25)/t12-/m0/s1. The number of benzene rings is 2. The second kappa shape index (κ2) is 9.03. The number of carbonyl (C=O) groups is 2. The minimum atomic E-state index is -0.112. The van der Waals surface area contributed by atoms with Crippen LogP contribution in [-0.2, 0) is 4.79 Å². The van der Waals surface area contributed by atoms with E-state index in [1.807, 2.05) is 25.1 Å². The van der Waals surface area contributed by atoms with E-state index in [2.05, 4.69) is 15.5 Å². The highest BCUT2D eigenvalue weighted by molar-refractivity contribution is 7.99. The van der Waals surface area contributed by atoms with Crippen LogP contribution < -0.4 is 5.32 Å². The molecule has 0 aliphatic heterocycles. The van der Waals surface area contributed by atoms with Gasteiger partial charge in [0.15, 0.2) is 5.78 Å². The molecular formula is C20H18ClN3O3S. The third-order valence-corrected chi connectivity index (χ3v) is 5.01. The van der Waals surface area contributed by atoms with E-state index in [1.165, 1.54) is 18.7 Å². The molecule has 0 unspecified atom stereocenters. The fourth-order valence-electron chi connectivity index (χ4n) is 2.56. The van der Waals surface area contributed by atoms with Gasteiger partial charge in [-0.05, 0) is 30.7 Å². The molecule has 0 saturated carbocycles. The number of rotatable bonds is 7. The summed E-state index contributed by atoms with van der Waals surface area (Å²) in [5.41, 5.74) is 2.24. The first kappa shape index (κ1) is 20.1. The number of nitrogens with one attached hydrogen (secondary N) is 1. The summed E-state index contributed by atoms with van der Waals surface area (Å²) in [5, 5.41) is 11.7. The first-order valence-electron chi connectivity index (χ1n) is 8.55. The van der Waals surface area contributed by atoms with Crippen molar-refractivity contribution in [1.82, 2.24) is 15.5 Å². The molecule has 1 heterocycles. The molecule has 6 nitrogen and oxygen atoms in total.